The molecule has 4 rings (SSSR count). The van der Waals surface area contributed by atoms with Gasteiger partial charge in [-0.25, -0.2) is 9.67 Å². The van der Waals surface area contributed by atoms with Crippen LogP contribution in [0.25, 0.3) is 5.95 Å². The van der Waals surface area contributed by atoms with Crippen molar-refractivity contribution in [2.45, 2.75) is 27.3 Å². The molecule has 9 heteroatoms. The van der Waals surface area contributed by atoms with Crippen molar-refractivity contribution in [1.82, 2.24) is 19.3 Å². The molecule has 0 saturated heterocycles. The largest absolute Gasteiger partial charge is 0.486 e. The molecule has 0 saturated carbocycles. The molecule has 0 atom stereocenters. The maximum Gasteiger partial charge on any atom is 0.255 e. The first-order chi connectivity index (χ1) is 13.9. The van der Waals surface area contributed by atoms with Gasteiger partial charge in [0.05, 0.1) is 5.69 Å². The highest BCUT2D eigenvalue weighted by Crippen LogP contribution is 2.32. The average Bonchev–Trinajstić information content (AvgIpc) is 3.01. The third-order valence-corrected chi connectivity index (χ3v) is 4.44. The van der Waals surface area contributed by atoms with E-state index in [0.717, 1.165) is 11.4 Å². The minimum absolute atomic E-state index is 0.200. The van der Waals surface area contributed by atoms with Crippen molar-refractivity contribution in [3.63, 3.8) is 0 Å². The van der Waals surface area contributed by atoms with Crippen molar-refractivity contribution in [2.24, 2.45) is 0 Å². The van der Waals surface area contributed by atoms with Crippen LogP contribution in [-0.2, 0) is 11.3 Å². The molecule has 2 aromatic heterocycles. The van der Waals surface area contributed by atoms with E-state index >= 15 is 0 Å². The lowest BCUT2D eigenvalue weighted by Crippen LogP contribution is -2.32. The lowest BCUT2D eigenvalue weighted by atomic mass is 10.2. The summed E-state index contributed by atoms with van der Waals surface area (Å²) in [5, 5.41) is 7.18. The van der Waals surface area contributed by atoms with E-state index in [0.29, 0.717) is 42.0 Å². The summed E-state index contributed by atoms with van der Waals surface area (Å²) in [4.78, 5) is 29.7. The van der Waals surface area contributed by atoms with Crippen molar-refractivity contribution in [3.05, 3.63) is 57.8 Å². The van der Waals surface area contributed by atoms with Gasteiger partial charge in [-0.1, -0.05) is 0 Å². The Balaban J connectivity index is 1.61. The summed E-state index contributed by atoms with van der Waals surface area (Å²) >= 11 is 0. The van der Waals surface area contributed by atoms with Gasteiger partial charge in [-0.15, -0.1) is 0 Å². The third-order valence-electron chi connectivity index (χ3n) is 4.44. The zero-order chi connectivity index (χ0) is 20.5. The number of hydrogen-bond acceptors (Lipinski definition) is 6. The Bertz CT molecular complexity index is 1150. The van der Waals surface area contributed by atoms with Crippen LogP contribution in [0.5, 0.6) is 11.5 Å². The number of aryl methyl sites for hydroxylation is 3. The van der Waals surface area contributed by atoms with Gasteiger partial charge in [0, 0.05) is 29.2 Å². The maximum absolute atomic E-state index is 12.7. The number of nitrogens with one attached hydrogen (secondary N) is 1. The number of carbonyl (C=O) groups excluding carboxylic acids is 1. The van der Waals surface area contributed by atoms with Crippen molar-refractivity contribution in [1.29, 1.82) is 0 Å². The van der Waals surface area contributed by atoms with E-state index in [2.05, 4.69) is 15.4 Å². The van der Waals surface area contributed by atoms with Crippen molar-refractivity contribution in [2.75, 3.05) is 18.5 Å². The molecule has 0 unspecified atom stereocenters. The number of nitrogens with zero attached hydrogens (tertiary/aromatic N) is 4. The van der Waals surface area contributed by atoms with Crippen LogP contribution in [-0.4, -0.2) is 38.5 Å². The highest BCUT2D eigenvalue weighted by atomic mass is 16.6. The number of amides is 1. The fourth-order valence-electron chi connectivity index (χ4n) is 3.21. The molecule has 0 spiro atoms. The standard InChI is InChI=1S/C20H21N5O4/c1-12-9-19(27)24(20(21-12)25-14(3)8-13(2)23-25)11-18(26)22-15-4-5-16-17(10-15)29-7-6-28-16/h4-5,8-10H,6-7,11H2,1-3H3,(H,22,26). The molecule has 0 fully saturated rings. The summed E-state index contributed by atoms with van der Waals surface area (Å²) in [6.45, 7) is 6.22. The van der Waals surface area contributed by atoms with E-state index in [1.807, 2.05) is 19.9 Å². The van der Waals surface area contributed by atoms with Gasteiger partial charge in [0.2, 0.25) is 11.9 Å². The van der Waals surface area contributed by atoms with Gasteiger partial charge in [0.25, 0.3) is 5.56 Å². The summed E-state index contributed by atoms with van der Waals surface area (Å²) in [5.41, 5.74) is 2.41. The van der Waals surface area contributed by atoms with E-state index < -0.39 is 0 Å². The minimum Gasteiger partial charge on any atom is -0.486 e. The van der Waals surface area contributed by atoms with Gasteiger partial charge in [0.1, 0.15) is 19.8 Å². The summed E-state index contributed by atoms with van der Waals surface area (Å²) in [5.74, 6) is 1.15. The Morgan fingerprint density at radius 3 is 2.55 bits per heavy atom. The lowest BCUT2D eigenvalue weighted by molar-refractivity contribution is -0.116. The zero-order valence-corrected chi connectivity index (χ0v) is 16.4. The molecule has 29 heavy (non-hydrogen) atoms. The van der Waals surface area contributed by atoms with Gasteiger partial charge in [-0.3, -0.25) is 14.2 Å². The highest BCUT2D eigenvalue weighted by Gasteiger charge is 2.17. The van der Waals surface area contributed by atoms with Crippen molar-refractivity contribution in [3.8, 4) is 17.4 Å². The Morgan fingerprint density at radius 2 is 1.83 bits per heavy atom. The van der Waals surface area contributed by atoms with Crippen LogP contribution in [0, 0.1) is 20.8 Å². The first kappa shape index (κ1) is 18.7. The molecule has 1 N–H and O–H groups in total. The molecule has 0 radical (unpaired) electrons. The second-order valence-electron chi connectivity index (χ2n) is 6.87. The van der Waals surface area contributed by atoms with Crippen LogP contribution in [0.1, 0.15) is 17.1 Å². The van der Waals surface area contributed by atoms with Gasteiger partial charge in [-0.05, 0) is 39.0 Å². The monoisotopic (exact) mass is 395 g/mol. The molecule has 3 aromatic rings. The molecule has 1 amide bonds. The molecular formula is C20H21N5O4. The van der Waals surface area contributed by atoms with Crippen molar-refractivity contribution < 1.29 is 14.3 Å². The number of ether oxygens (including phenoxy) is 2. The highest BCUT2D eigenvalue weighted by molar-refractivity contribution is 5.91. The lowest BCUT2D eigenvalue weighted by Gasteiger charge is -2.19. The second-order valence-corrected chi connectivity index (χ2v) is 6.87. The number of benzene rings is 1. The Kier molecular flexibility index (Phi) is 4.79. The number of rotatable bonds is 4. The fourth-order valence-corrected chi connectivity index (χ4v) is 3.21. The molecule has 150 valence electrons. The second kappa shape index (κ2) is 7.42. The fraction of sp³-hybridized carbons (Fsp3) is 0.300. The van der Waals surface area contributed by atoms with Crippen LogP contribution >= 0.6 is 0 Å². The molecule has 0 aliphatic carbocycles. The van der Waals surface area contributed by atoms with Gasteiger partial charge in [0.15, 0.2) is 11.5 Å². The van der Waals surface area contributed by atoms with E-state index in [1.165, 1.54) is 10.6 Å². The number of fused-ring (bicyclic) bond motifs is 1. The average molecular weight is 395 g/mol. The van der Waals surface area contributed by atoms with E-state index in [1.54, 1.807) is 29.8 Å². The van der Waals surface area contributed by atoms with Crippen LogP contribution in [0.4, 0.5) is 5.69 Å². The number of carbonyl (C=O) groups is 1. The van der Waals surface area contributed by atoms with Crippen molar-refractivity contribution >= 4 is 11.6 Å². The summed E-state index contributed by atoms with van der Waals surface area (Å²) in [6, 6.07) is 8.44. The minimum atomic E-state index is -0.364. The Labute approximate surface area is 166 Å². The molecule has 1 aliphatic rings. The predicted octanol–water partition coefficient (Wildman–Crippen LogP) is 1.76. The summed E-state index contributed by atoms with van der Waals surface area (Å²) in [6.07, 6.45) is 0. The van der Waals surface area contributed by atoms with Gasteiger partial charge < -0.3 is 14.8 Å². The Morgan fingerprint density at radius 1 is 1.07 bits per heavy atom. The van der Waals surface area contributed by atoms with E-state index in [-0.39, 0.29) is 18.0 Å². The van der Waals surface area contributed by atoms with E-state index in [4.69, 9.17) is 9.47 Å². The van der Waals surface area contributed by atoms with Gasteiger partial charge in [-0.2, -0.15) is 5.10 Å². The van der Waals surface area contributed by atoms with Crippen LogP contribution in [0.2, 0.25) is 0 Å². The van der Waals surface area contributed by atoms with Crippen LogP contribution in [0.3, 0.4) is 0 Å². The Hall–Kier alpha value is -3.62. The smallest absolute Gasteiger partial charge is 0.255 e. The SMILES string of the molecule is Cc1cc(=O)n(CC(=O)Nc2ccc3c(c2)OCCO3)c(-n2nc(C)cc2C)n1. The zero-order valence-electron chi connectivity index (χ0n) is 16.4. The number of aromatic nitrogens is 4. The quantitative estimate of drug-likeness (QED) is 0.723. The number of hydrogen-bond donors (Lipinski definition) is 1. The van der Waals surface area contributed by atoms with Gasteiger partial charge >= 0.3 is 0 Å². The third kappa shape index (κ3) is 3.84. The first-order valence-electron chi connectivity index (χ1n) is 9.22. The molecular weight excluding hydrogens is 374 g/mol. The molecule has 1 aromatic carbocycles. The van der Waals surface area contributed by atoms with E-state index in [9.17, 15) is 9.59 Å². The molecule has 1 aliphatic heterocycles. The number of anilines is 1. The molecule has 9 nitrogen and oxygen atoms in total. The summed E-state index contributed by atoms with van der Waals surface area (Å²) < 4.78 is 13.9. The van der Waals surface area contributed by atoms with Crippen LogP contribution in [0.15, 0.2) is 35.1 Å². The normalized spacial score (nSPS) is 12.7. The first-order valence-corrected chi connectivity index (χ1v) is 9.22. The summed E-state index contributed by atoms with van der Waals surface area (Å²) in [7, 11) is 0. The van der Waals surface area contributed by atoms with Crippen LogP contribution < -0.4 is 20.3 Å². The molecule has 0 bridgehead atoms. The maximum atomic E-state index is 12.7. The topological polar surface area (TPSA) is 100 Å². The predicted molar refractivity (Wildman–Crippen MR) is 106 cm³/mol. The molecule has 3 heterocycles.